The highest BCUT2D eigenvalue weighted by atomic mass is 32.2. The van der Waals surface area contributed by atoms with E-state index in [0.717, 1.165) is 21.5 Å². The first-order chi connectivity index (χ1) is 16.1. The normalized spacial score (nSPS) is 21.3. The van der Waals surface area contributed by atoms with Crippen molar-refractivity contribution in [2.45, 2.75) is 23.5 Å². The molecule has 3 aromatic rings. The number of thioether (sulfide) groups is 1. The quantitative estimate of drug-likeness (QED) is 0.606. The number of carbonyl (C=O) groups excluding carboxylic acids is 2. The van der Waals surface area contributed by atoms with Gasteiger partial charge in [0.05, 0.1) is 23.5 Å². The Hall–Kier alpha value is -3.30. The number of hydrogen-bond acceptors (Lipinski definition) is 6. The molecule has 2 aromatic carbocycles. The van der Waals surface area contributed by atoms with Crippen molar-refractivity contribution in [3.05, 3.63) is 64.4 Å². The first kappa shape index (κ1) is 20.3. The van der Waals surface area contributed by atoms with Crippen LogP contribution < -0.4 is 21.1 Å². The summed E-state index contributed by atoms with van der Waals surface area (Å²) in [6.07, 6.45) is -0.666. The zero-order valence-corrected chi connectivity index (χ0v) is 18.6. The molecule has 0 spiro atoms. The fourth-order valence-corrected chi connectivity index (χ4v) is 5.68. The van der Waals surface area contributed by atoms with E-state index in [1.807, 2.05) is 41.0 Å². The van der Waals surface area contributed by atoms with Crippen molar-refractivity contribution in [3.8, 4) is 0 Å². The highest BCUT2D eigenvalue weighted by Gasteiger charge is 2.33. The Kier molecular flexibility index (Phi) is 4.88. The Labute approximate surface area is 193 Å². The van der Waals surface area contributed by atoms with Crippen molar-refractivity contribution in [3.63, 3.8) is 0 Å². The minimum Gasteiger partial charge on any atom is -0.443 e. The molecular formula is C24H22N4O4S. The third-order valence-electron chi connectivity index (χ3n) is 6.43. The van der Waals surface area contributed by atoms with Gasteiger partial charge < -0.3 is 19.9 Å². The van der Waals surface area contributed by atoms with Crippen LogP contribution in [0.5, 0.6) is 0 Å². The standard InChI is InChI=1S/C24H22N4O4S/c29-21-13-33-20-6-5-16(8-19(20)26-21)27-12-17(32-24(27)31)10-25-9-15-11-28-22(30)7-4-14-2-1-3-18(15)23(14)28/h1-8,15,17,25H,9-13H2,(H,26,29)/t15-,17+/m0/s1. The lowest BCUT2D eigenvalue weighted by atomic mass is 10.00. The molecule has 1 fully saturated rings. The van der Waals surface area contributed by atoms with Crippen LogP contribution in [0.25, 0.3) is 10.9 Å². The van der Waals surface area contributed by atoms with E-state index in [1.165, 1.54) is 17.3 Å². The molecule has 0 bridgehead atoms. The zero-order valence-electron chi connectivity index (χ0n) is 17.7. The first-order valence-electron chi connectivity index (χ1n) is 10.9. The summed E-state index contributed by atoms with van der Waals surface area (Å²) in [6, 6.07) is 15.3. The van der Waals surface area contributed by atoms with E-state index in [2.05, 4.69) is 16.7 Å². The smallest absolute Gasteiger partial charge is 0.414 e. The molecule has 9 heteroatoms. The minimum absolute atomic E-state index is 0.0254. The summed E-state index contributed by atoms with van der Waals surface area (Å²) in [5.74, 6) is 0.558. The lowest BCUT2D eigenvalue weighted by molar-refractivity contribution is -0.113. The first-order valence-corrected chi connectivity index (χ1v) is 11.9. The summed E-state index contributed by atoms with van der Waals surface area (Å²) in [4.78, 5) is 39.1. The van der Waals surface area contributed by atoms with Gasteiger partial charge in [-0.2, -0.15) is 0 Å². The summed E-state index contributed by atoms with van der Waals surface area (Å²) in [6.45, 7) is 2.30. The SMILES string of the molecule is O=C1CSc2ccc(N3C[C@@H](CNC[C@H]4Cn5c(=O)ccc6cccc4c65)OC3=O)cc2N1. The number of para-hydroxylation sites is 1. The molecule has 0 saturated carbocycles. The number of hydrogen-bond donors (Lipinski definition) is 2. The molecular weight excluding hydrogens is 440 g/mol. The molecule has 0 radical (unpaired) electrons. The highest BCUT2D eigenvalue weighted by Crippen LogP contribution is 2.36. The van der Waals surface area contributed by atoms with Crippen molar-refractivity contribution in [1.82, 2.24) is 9.88 Å². The molecule has 2 amide bonds. The van der Waals surface area contributed by atoms with E-state index in [-0.39, 0.29) is 29.6 Å². The van der Waals surface area contributed by atoms with Gasteiger partial charge in [-0.05, 0) is 35.2 Å². The van der Waals surface area contributed by atoms with Crippen LogP contribution in [0.2, 0.25) is 0 Å². The molecule has 8 nitrogen and oxygen atoms in total. The average molecular weight is 463 g/mol. The molecule has 0 aliphatic carbocycles. The number of cyclic esters (lactones) is 1. The van der Waals surface area contributed by atoms with Crippen molar-refractivity contribution in [2.24, 2.45) is 0 Å². The maximum atomic E-state index is 12.5. The second-order valence-corrected chi connectivity index (χ2v) is 9.57. The Bertz CT molecular complexity index is 1350. The summed E-state index contributed by atoms with van der Waals surface area (Å²) in [7, 11) is 0. The fourth-order valence-electron chi connectivity index (χ4n) is 4.89. The molecule has 3 aliphatic rings. The number of aromatic nitrogens is 1. The third kappa shape index (κ3) is 3.57. The molecule has 2 atom stereocenters. The van der Waals surface area contributed by atoms with Gasteiger partial charge >= 0.3 is 6.09 Å². The summed E-state index contributed by atoms with van der Waals surface area (Å²) < 4.78 is 7.42. The van der Waals surface area contributed by atoms with Crippen LogP contribution in [0.15, 0.2) is 58.2 Å². The number of pyridine rings is 1. The predicted octanol–water partition coefficient (Wildman–Crippen LogP) is 2.76. The average Bonchev–Trinajstić information content (AvgIpc) is 3.38. The number of fused-ring (bicyclic) bond motifs is 1. The molecule has 2 N–H and O–H groups in total. The Balaban J connectivity index is 1.10. The van der Waals surface area contributed by atoms with Crippen LogP contribution >= 0.6 is 11.8 Å². The number of ether oxygens (including phenoxy) is 1. The van der Waals surface area contributed by atoms with E-state index in [0.29, 0.717) is 37.6 Å². The Morgan fingerprint density at radius 3 is 2.88 bits per heavy atom. The fraction of sp³-hybridized carbons (Fsp3) is 0.292. The second kappa shape index (κ2) is 7.93. The largest absolute Gasteiger partial charge is 0.443 e. The van der Waals surface area contributed by atoms with Gasteiger partial charge in [-0.25, -0.2) is 4.79 Å². The number of anilines is 2. The van der Waals surface area contributed by atoms with Crippen LogP contribution in [-0.4, -0.2) is 48.1 Å². The van der Waals surface area contributed by atoms with Gasteiger partial charge in [0.25, 0.3) is 5.56 Å². The Morgan fingerprint density at radius 2 is 1.97 bits per heavy atom. The molecule has 33 heavy (non-hydrogen) atoms. The van der Waals surface area contributed by atoms with Crippen LogP contribution in [0.4, 0.5) is 16.2 Å². The second-order valence-electron chi connectivity index (χ2n) is 8.56. The lowest BCUT2D eigenvalue weighted by Crippen LogP contribution is -2.33. The number of nitrogens with zero attached hydrogens (tertiary/aromatic N) is 2. The van der Waals surface area contributed by atoms with Crippen LogP contribution in [0.3, 0.4) is 0 Å². The molecule has 1 aromatic heterocycles. The molecule has 1 saturated heterocycles. The summed E-state index contributed by atoms with van der Waals surface area (Å²) >= 11 is 1.49. The maximum Gasteiger partial charge on any atom is 0.414 e. The van der Waals surface area contributed by atoms with Gasteiger partial charge in [0.15, 0.2) is 0 Å². The number of carbonyl (C=O) groups is 2. The van der Waals surface area contributed by atoms with Crippen LogP contribution in [0, 0.1) is 0 Å². The molecule has 3 aliphatic heterocycles. The number of amides is 2. The van der Waals surface area contributed by atoms with Gasteiger partial charge in [0, 0.05) is 42.2 Å². The van der Waals surface area contributed by atoms with Crippen molar-refractivity contribution >= 4 is 46.0 Å². The van der Waals surface area contributed by atoms with Gasteiger partial charge in [-0.15, -0.1) is 11.8 Å². The minimum atomic E-state index is -0.388. The van der Waals surface area contributed by atoms with Gasteiger partial charge in [-0.1, -0.05) is 18.2 Å². The van der Waals surface area contributed by atoms with E-state index in [1.54, 1.807) is 11.0 Å². The van der Waals surface area contributed by atoms with Crippen LogP contribution in [-0.2, 0) is 16.1 Å². The van der Waals surface area contributed by atoms with E-state index in [4.69, 9.17) is 4.74 Å². The molecule has 6 rings (SSSR count). The molecule has 0 unspecified atom stereocenters. The third-order valence-corrected chi connectivity index (χ3v) is 7.50. The highest BCUT2D eigenvalue weighted by molar-refractivity contribution is 8.00. The maximum absolute atomic E-state index is 12.5. The van der Waals surface area contributed by atoms with Crippen molar-refractivity contribution < 1.29 is 14.3 Å². The van der Waals surface area contributed by atoms with Gasteiger partial charge in [0.1, 0.15) is 6.10 Å². The monoisotopic (exact) mass is 462 g/mol. The topological polar surface area (TPSA) is 92.7 Å². The van der Waals surface area contributed by atoms with Gasteiger partial charge in [-0.3, -0.25) is 14.5 Å². The van der Waals surface area contributed by atoms with E-state index < -0.39 is 0 Å². The van der Waals surface area contributed by atoms with Crippen molar-refractivity contribution in [2.75, 3.05) is 35.6 Å². The van der Waals surface area contributed by atoms with E-state index in [9.17, 15) is 14.4 Å². The summed E-state index contributed by atoms with van der Waals surface area (Å²) in [5, 5.41) is 7.37. The van der Waals surface area contributed by atoms with E-state index >= 15 is 0 Å². The van der Waals surface area contributed by atoms with Crippen LogP contribution in [0.1, 0.15) is 11.5 Å². The van der Waals surface area contributed by atoms with Gasteiger partial charge in [0.2, 0.25) is 5.91 Å². The molecule has 168 valence electrons. The molecule has 4 heterocycles. The lowest BCUT2D eigenvalue weighted by Gasteiger charge is -2.20. The Morgan fingerprint density at radius 1 is 1.06 bits per heavy atom. The summed E-state index contributed by atoms with van der Waals surface area (Å²) in [5.41, 5.74) is 3.66. The number of nitrogens with one attached hydrogen (secondary N) is 2. The van der Waals surface area contributed by atoms with Crippen molar-refractivity contribution in [1.29, 1.82) is 0 Å². The zero-order chi connectivity index (χ0) is 22.5. The predicted molar refractivity (Wildman–Crippen MR) is 127 cm³/mol. The number of rotatable bonds is 5. The number of benzene rings is 2.